The van der Waals surface area contributed by atoms with E-state index < -0.39 is 24.1 Å². The van der Waals surface area contributed by atoms with Crippen molar-refractivity contribution in [2.24, 2.45) is 5.73 Å². The summed E-state index contributed by atoms with van der Waals surface area (Å²) >= 11 is 6.32. The van der Waals surface area contributed by atoms with Crippen LogP contribution in [0.4, 0.5) is 13.2 Å². The van der Waals surface area contributed by atoms with Crippen LogP contribution in [0.15, 0.2) is 66.9 Å². The van der Waals surface area contributed by atoms with Crippen LogP contribution < -0.4 is 15.8 Å². The van der Waals surface area contributed by atoms with E-state index in [2.05, 4.69) is 15.0 Å². The zero-order valence-corrected chi connectivity index (χ0v) is 21.9. The number of carbonyl (C=O) groups is 2. The van der Waals surface area contributed by atoms with Crippen molar-refractivity contribution < 1.29 is 27.5 Å². The maximum Gasteiger partial charge on any atom is 0.573 e. The van der Waals surface area contributed by atoms with Gasteiger partial charge in [-0.15, -0.1) is 13.2 Å². The Bertz CT molecular complexity index is 1520. The molecule has 7 nitrogen and oxygen atoms in total. The summed E-state index contributed by atoms with van der Waals surface area (Å²) in [5, 5.41) is 3.86. The van der Waals surface area contributed by atoms with Crippen LogP contribution in [0, 0.1) is 0 Å². The van der Waals surface area contributed by atoms with Gasteiger partial charge in [0, 0.05) is 43.8 Å². The first-order chi connectivity index (χ1) is 18.5. The Hall–Kier alpha value is -4.02. The lowest BCUT2D eigenvalue weighted by atomic mass is 9.99. The molecule has 4 N–H and O–H groups in total. The van der Waals surface area contributed by atoms with Gasteiger partial charge >= 0.3 is 6.36 Å². The normalized spacial score (nSPS) is 12.3. The molecule has 204 valence electrons. The lowest BCUT2D eigenvalue weighted by molar-refractivity contribution is -0.274. The van der Waals surface area contributed by atoms with E-state index in [1.54, 1.807) is 20.2 Å². The third-order valence-corrected chi connectivity index (χ3v) is 6.46. The van der Waals surface area contributed by atoms with Crippen molar-refractivity contribution in [3.05, 3.63) is 88.6 Å². The van der Waals surface area contributed by atoms with Gasteiger partial charge in [0.05, 0.1) is 16.1 Å². The van der Waals surface area contributed by atoms with Gasteiger partial charge in [-0.3, -0.25) is 9.59 Å². The summed E-state index contributed by atoms with van der Waals surface area (Å²) in [6, 6.07) is 15.4. The lowest BCUT2D eigenvalue weighted by Crippen LogP contribution is -2.42. The second-order valence-corrected chi connectivity index (χ2v) is 9.53. The van der Waals surface area contributed by atoms with Crippen LogP contribution in [-0.2, 0) is 6.42 Å². The molecule has 0 spiro atoms. The Kier molecular flexibility index (Phi) is 8.17. The van der Waals surface area contributed by atoms with Crippen LogP contribution in [0.5, 0.6) is 5.75 Å². The van der Waals surface area contributed by atoms with Gasteiger partial charge in [-0.05, 0) is 53.4 Å². The summed E-state index contributed by atoms with van der Waals surface area (Å²) in [6.45, 7) is 0.0529. The molecule has 1 unspecified atom stereocenters. The number of aromatic nitrogens is 1. The Balaban J connectivity index is 1.64. The molecule has 1 atom stereocenters. The summed E-state index contributed by atoms with van der Waals surface area (Å²) in [5.74, 6) is -1.74. The molecule has 3 aromatic carbocycles. The van der Waals surface area contributed by atoms with E-state index in [-0.39, 0.29) is 28.6 Å². The van der Waals surface area contributed by atoms with E-state index in [4.69, 9.17) is 17.3 Å². The molecule has 4 aromatic rings. The fourth-order valence-corrected chi connectivity index (χ4v) is 4.49. The van der Waals surface area contributed by atoms with Crippen molar-refractivity contribution in [2.75, 3.05) is 20.6 Å². The zero-order chi connectivity index (χ0) is 28.3. The molecule has 4 rings (SSSR count). The number of rotatable bonds is 8. The molecule has 0 aliphatic carbocycles. The standard InChI is InChI=1S/C28H26ClF3N4O3/c1-36(2)27(38)21-9-7-17(13-23(21)29)16-8-10-25(39-28(30,31)32)22(12-16)26(37)35-19(14-33)11-18-15-34-24-6-4-3-5-20(18)24/h3-10,12-13,15,19,34H,11,14,33H2,1-2H3,(H,35,37). The van der Waals surface area contributed by atoms with Gasteiger partial charge in [0.25, 0.3) is 11.8 Å². The number of fused-ring (bicyclic) bond motifs is 1. The topological polar surface area (TPSA) is 100 Å². The van der Waals surface area contributed by atoms with Crippen LogP contribution in [-0.4, -0.2) is 54.7 Å². The number of hydrogen-bond acceptors (Lipinski definition) is 4. The highest BCUT2D eigenvalue weighted by Crippen LogP contribution is 2.33. The number of alkyl halides is 3. The molecule has 39 heavy (non-hydrogen) atoms. The van der Waals surface area contributed by atoms with E-state index in [1.807, 2.05) is 30.5 Å². The van der Waals surface area contributed by atoms with E-state index in [1.165, 1.54) is 29.2 Å². The first-order valence-corrected chi connectivity index (χ1v) is 12.3. The molecule has 0 bridgehead atoms. The Morgan fingerprint density at radius 3 is 2.41 bits per heavy atom. The Labute approximate surface area is 227 Å². The number of nitrogens with two attached hydrogens (primary N) is 1. The number of H-pyrrole nitrogens is 1. The fraction of sp³-hybridized carbons (Fsp3) is 0.214. The molecular formula is C28H26ClF3N4O3. The van der Waals surface area contributed by atoms with Crippen molar-refractivity contribution in [2.45, 2.75) is 18.8 Å². The van der Waals surface area contributed by atoms with Gasteiger partial charge < -0.3 is 25.7 Å². The van der Waals surface area contributed by atoms with E-state index in [0.717, 1.165) is 22.5 Å². The summed E-state index contributed by atoms with van der Waals surface area (Å²) in [6.07, 6.45) is -2.84. The van der Waals surface area contributed by atoms with Crippen LogP contribution in [0.1, 0.15) is 26.3 Å². The van der Waals surface area contributed by atoms with Crippen LogP contribution in [0.25, 0.3) is 22.0 Å². The number of benzene rings is 3. The minimum atomic E-state index is -5.01. The van der Waals surface area contributed by atoms with Crippen molar-refractivity contribution >= 4 is 34.3 Å². The van der Waals surface area contributed by atoms with E-state index in [9.17, 15) is 22.8 Å². The molecule has 0 aliphatic rings. The number of carbonyl (C=O) groups excluding carboxylic acids is 2. The highest BCUT2D eigenvalue weighted by Gasteiger charge is 2.33. The highest BCUT2D eigenvalue weighted by molar-refractivity contribution is 6.34. The first kappa shape index (κ1) is 28.0. The van der Waals surface area contributed by atoms with Crippen molar-refractivity contribution in [1.82, 2.24) is 15.2 Å². The highest BCUT2D eigenvalue weighted by atomic mass is 35.5. The smallest absolute Gasteiger partial charge is 0.405 e. The quantitative estimate of drug-likeness (QED) is 0.270. The molecule has 0 aliphatic heterocycles. The molecule has 0 saturated heterocycles. The largest absolute Gasteiger partial charge is 0.573 e. The molecular weight excluding hydrogens is 533 g/mol. The van der Waals surface area contributed by atoms with Gasteiger partial charge in [0.1, 0.15) is 5.75 Å². The number of hydrogen-bond donors (Lipinski definition) is 3. The van der Waals surface area contributed by atoms with Crippen LogP contribution in [0.3, 0.4) is 0 Å². The molecule has 0 radical (unpaired) electrons. The van der Waals surface area contributed by atoms with E-state index in [0.29, 0.717) is 17.5 Å². The zero-order valence-electron chi connectivity index (χ0n) is 21.1. The summed E-state index contributed by atoms with van der Waals surface area (Å²) < 4.78 is 43.6. The lowest BCUT2D eigenvalue weighted by Gasteiger charge is -2.19. The number of nitrogens with one attached hydrogen (secondary N) is 2. The SMILES string of the molecule is CN(C)C(=O)c1ccc(-c2ccc(OC(F)(F)F)c(C(=O)NC(CN)Cc3c[nH]c4ccccc34)c2)cc1Cl. The molecule has 1 heterocycles. The van der Waals surface area contributed by atoms with Gasteiger partial charge in [-0.25, -0.2) is 0 Å². The number of aromatic amines is 1. The maximum absolute atomic E-state index is 13.3. The van der Waals surface area contributed by atoms with E-state index >= 15 is 0 Å². The Morgan fingerprint density at radius 2 is 1.74 bits per heavy atom. The maximum atomic E-state index is 13.3. The number of nitrogens with zero attached hydrogens (tertiary/aromatic N) is 1. The number of halogens is 4. The van der Waals surface area contributed by atoms with Crippen LogP contribution >= 0.6 is 11.6 Å². The van der Waals surface area contributed by atoms with Crippen molar-refractivity contribution in [3.63, 3.8) is 0 Å². The van der Waals surface area contributed by atoms with Crippen molar-refractivity contribution in [1.29, 1.82) is 0 Å². The summed E-state index contributed by atoms with van der Waals surface area (Å²) in [7, 11) is 3.17. The minimum Gasteiger partial charge on any atom is -0.405 e. The van der Waals surface area contributed by atoms with Crippen LogP contribution in [0.2, 0.25) is 5.02 Å². The number of ether oxygens (including phenoxy) is 1. The predicted octanol–water partition coefficient (Wildman–Crippen LogP) is 5.39. The van der Waals surface area contributed by atoms with Gasteiger partial charge in [-0.1, -0.05) is 41.9 Å². The molecule has 11 heteroatoms. The number of para-hydroxylation sites is 1. The average molecular weight is 559 g/mol. The number of amides is 2. The third-order valence-electron chi connectivity index (χ3n) is 6.15. The minimum absolute atomic E-state index is 0.0529. The summed E-state index contributed by atoms with van der Waals surface area (Å²) in [4.78, 5) is 30.1. The Morgan fingerprint density at radius 1 is 1.05 bits per heavy atom. The average Bonchev–Trinajstić information content (AvgIpc) is 3.29. The van der Waals surface area contributed by atoms with Gasteiger partial charge in [0.2, 0.25) is 0 Å². The molecule has 2 amide bonds. The third kappa shape index (κ3) is 6.52. The second-order valence-electron chi connectivity index (χ2n) is 9.12. The summed E-state index contributed by atoms with van der Waals surface area (Å²) in [5.41, 5.74) is 8.58. The predicted molar refractivity (Wildman–Crippen MR) is 144 cm³/mol. The van der Waals surface area contributed by atoms with Crippen molar-refractivity contribution in [3.8, 4) is 16.9 Å². The monoisotopic (exact) mass is 558 g/mol. The molecule has 0 fully saturated rings. The second kappa shape index (κ2) is 11.4. The van der Waals surface area contributed by atoms with Gasteiger partial charge in [-0.2, -0.15) is 0 Å². The molecule has 0 saturated carbocycles. The molecule has 1 aromatic heterocycles. The van der Waals surface area contributed by atoms with Gasteiger partial charge in [0.15, 0.2) is 0 Å². The fourth-order valence-electron chi connectivity index (χ4n) is 4.23. The first-order valence-electron chi connectivity index (χ1n) is 11.9.